The zero-order valence-electron chi connectivity index (χ0n) is 15.4. The molecule has 1 fully saturated rings. The lowest BCUT2D eigenvalue weighted by Crippen LogP contribution is -2.45. The maximum atomic E-state index is 8.15. The summed E-state index contributed by atoms with van der Waals surface area (Å²) in [6.07, 6.45) is 5.23. The highest BCUT2D eigenvalue weighted by Gasteiger charge is 2.20. The standard InChI is InChI=1S/C20H23N7S/c21-17-5-1-2-9-27(17)18-6-3-4-16(26-18)14-11-25-15-8-7-12(10-13(14)15)19(22)28-20(23)24/h3-4,6-8,10-11,17,22,25H,1-2,5,9,21H2,(H3,23,24). The van der Waals surface area contributed by atoms with E-state index in [1.54, 1.807) is 0 Å². The normalized spacial score (nSPS) is 17.0. The zero-order valence-corrected chi connectivity index (χ0v) is 16.2. The number of fused-ring (bicyclic) bond motifs is 1. The van der Waals surface area contributed by atoms with Crippen LogP contribution < -0.4 is 16.4 Å². The molecule has 0 aliphatic carbocycles. The largest absolute Gasteiger partial charge is 0.378 e. The van der Waals surface area contributed by atoms with Crippen molar-refractivity contribution in [3.63, 3.8) is 0 Å². The van der Waals surface area contributed by atoms with Crippen LogP contribution >= 0.6 is 11.8 Å². The molecule has 1 atom stereocenters. The van der Waals surface area contributed by atoms with E-state index in [1.807, 2.05) is 42.6 Å². The fourth-order valence-corrected chi connectivity index (χ4v) is 4.08. The number of amidine groups is 1. The molecule has 3 heterocycles. The molecule has 1 aliphatic rings. The number of hydrogen-bond donors (Lipinski definition) is 5. The van der Waals surface area contributed by atoms with Crippen molar-refractivity contribution in [3.8, 4) is 11.3 Å². The molecule has 0 amide bonds. The van der Waals surface area contributed by atoms with Gasteiger partial charge in [-0.05, 0) is 55.3 Å². The van der Waals surface area contributed by atoms with Crippen LogP contribution in [0, 0.1) is 10.8 Å². The number of anilines is 1. The summed E-state index contributed by atoms with van der Waals surface area (Å²) in [4.78, 5) is 10.3. The van der Waals surface area contributed by atoms with E-state index in [-0.39, 0.29) is 16.4 Å². The van der Waals surface area contributed by atoms with E-state index in [0.717, 1.165) is 71.1 Å². The summed E-state index contributed by atoms with van der Waals surface area (Å²) in [6, 6.07) is 11.7. The third kappa shape index (κ3) is 3.61. The number of piperidine rings is 1. The predicted molar refractivity (Wildman–Crippen MR) is 117 cm³/mol. The van der Waals surface area contributed by atoms with Gasteiger partial charge in [0.05, 0.1) is 11.9 Å². The molecular weight excluding hydrogens is 370 g/mol. The maximum Gasteiger partial charge on any atom is 0.157 e. The summed E-state index contributed by atoms with van der Waals surface area (Å²) >= 11 is 0.940. The number of aromatic nitrogens is 2. The highest BCUT2D eigenvalue weighted by Crippen LogP contribution is 2.31. The van der Waals surface area contributed by atoms with Gasteiger partial charge in [-0.2, -0.15) is 0 Å². The van der Waals surface area contributed by atoms with E-state index in [9.17, 15) is 0 Å². The first-order valence-corrected chi connectivity index (χ1v) is 10.1. The number of H-pyrrole nitrogens is 1. The zero-order chi connectivity index (χ0) is 19.7. The maximum absolute atomic E-state index is 8.15. The molecule has 0 saturated carbocycles. The molecule has 7 nitrogen and oxygen atoms in total. The van der Waals surface area contributed by atoms with Crippen LogP contribution in [0.25, 0.3) is 22.2 Å². The van der Waals surface area contributed by atoms with Crippen molar-refractivity contribution in [1.82, 2.24) is 9.97 Å². The molecule has 3 aromatic rings. The van der Waals surface area contributed by atoms with Crippen molar-refractivity contribution in [3.05, 3.63) is 48.2 Å². The lowest BCUT2D eigenvalue weighted by molar-refractivity contribution is 0.467. The van der Waals surface area contributed by atoms with Crippen LogP contribution in [0.4, 0.5) is 5.82 Å². The third-order valence-corrected chi connectivity index (χ3v) is 5.67. The molecule has 4 rings (SSSR count). The molecule has 8 heteroatoms. The SMILES string of the molecule is N=C(N)SC(=N)c1ccc2[nH]cc(-c3cccc(N4CCCCC4N)n3)c2c1. The number of nitrogens with zero attached hydrogens (tertiary/aromatic N) is 2. The predicted octanol–water partition coefficient (Wildman–Crippen LogP) is 3.46. The van der Waals surface area contributed by atoms with E-state index in [0.29, 0.717) is 0 Å². The van der Waals surface area contributed by atoms with E-state index in [2.05, 4.69) is 9.88 Å². The smallest absolute Gasteiger partial charge is 0.157 e. The Morgan fingerprint density at radius 1 is 1.21 bits per heavy atom. The Hall–Kier alpha value is -2.84. The van der Waals surface area contributed by atoms with Gasteiger partial charge in [0.25, 0.3) is 0 Å². The second-order valence-electron chi connectivity index (χ2n) is 6.90. The van der Waals surface area contributed by atoms with Crippen LogP contribution in [0.5, 0.6) is 0 Å². The van der Waals surface area contributed by atoms with Crippen molar-refractivity contribution in [1.29, 1.82) is 10.8 Å². The van der Waals surface area contributed by atoms with Crippen LogP contribution in [-0.2, 0) is 0 Å². The molecule has 7 N–H and O–H groups in total. The second-order valence-corrected chi connectivity index (χ2v) is 7.95. The van der Waals surface area contributed by atoms with E-state index >= 15 is 0 Å². The Bertz CT molecular complexity index is 1040. The summed E-state index contributed by atoms with van der Waals surface area (Å²) in [6.45, 7) is 0.926. The van der Waals surface area contributed by atoms with Gasteiger partial charge in [0, 0.05) is 34.8 Å². The Kier molecular flexibility index (Phi) is 5.06. The van der Waals surface area contributed by atoms with E-state index < -0.39 is 0 Å². The number of nitrogens with two attached hydrogens (primary N) is 2. The number of thioether (sulfide) groups is 1. The lowest BCUT2D eigenvalue weighted by Gasteiger charge is -2.34. The van der Waals surface area contributed by atoms with Crippen LogP contribution in [0.2, 0.25) is 0 Å². The molecule has 1 unspecified atom stereocenters. The van der Waals surface area contributed by atoms with Crippen molar-refractivity contribution in [2.75, 3.05) is 11.4 Å². The molecule has 0 radical (unpaired) electrons. The number of nitrogens with one attached hydrogen (secondary N) is 3. The van der Waals surface area contributed by atoms with Crippen LogP contribution in [0.15, 0.2) is 42.6 Å². The molecule has 1 aliphatic heterocycles. The Morgan fingerprint density at radius 3 is 2.86 bits per heavy atom. The van der Waals surface area contributed by atoms with Gasteiger partial charge in [-0.1, -0.05) is 12.1 Å². The monoisotopic (exact) mass is 393 g/mol. The molecule has 0 spiro atoms. The first-order valence-electron chi connectivity index (χ1n) is 9.24. The van der Waals surface area contributed by atoms with Gasteiger partial charge < -0.3 is 21.4 Å². The topological polar surface area (TPSA) is 132 Å². The van der Waals surface area contributed by atoms with Gasteiger partial charge in [-0.3, -0.25) is 10.8 Å². The van der Waals surface area contributed by atoms with Gasteiger partial charge in [0.15, 0.2) is 5.17 Å². The lowest BCUT2D eigenvalue weighted by atomic mass is 10.1. The van der Waals surface area contributed by atoms with Gasteiger partial charge in [0.2, 0.25) is 0 Å². The minimum atomic E-state index is -0.0911. The average Bonchev–Trinajstić information content (AvgIpc) is 3.11. The first kappa shape index (κ1) is 18.5. The van der Waals surface area contributed by atoms with Crippen LogP contribution in [-0.4, -0.2) is 32.9 Å². The number of aromatic amines is 1. The Labute approximate surface area is 167 Å². The quantitative estimate of drug-likeness (QED) is 0.343. The fraction of sp³-hybridized carbons (Fsp3) is 0.250. The third-order valence-electron chi connectivity index (χ3n) is 5.01. The van der Waals surface area contributed by atoms with E-state index in [1.165, 1.54) is 0 Å². The summed E-state index contributed by atoms with van der Waals surface area (Å²) < 4.78 is 0. The first-order chi connectivity index (χ1) is 13.5. The minimum Gasteiger partial charge on any atom is -0.378 e. The molecule has 1 saturated heterocycles. The summed E-state index contributed by atoms with van der Waals surface area (Å²) in [7, 11) is 0. The highest BCUT2D eigenvalue weighted by molar-refractivity contribution is 8.26. The molecule has 0 bridgehead atoms. The molecule has 144 valence electrons. The van der Waals surface area contributed by atoms with Crippen molar-refractivity contribution < 1.29 is 0 Å². The fourth-order valence-electron chi connectivity index (χ4n) is 3.62. The Balaban J connectivity index is 1.72. The van der Waals surface area contributed by atoms with E-state index in [4.69, 9.17) is 27.3 Å². The van der Waals surface area contributed by atoms with Crippen molar-refractivity contribution >= 4 is 38.7 Å². The Morgan fingerprint density at radius 2 is 2.07 bits per heavy atom. The average molecular weight is 394 g/mol. The van der Waals surface area contributed by atoms with Crippen LogP contribution in [0.3, 0.4) is 0 Å². The van der Waals surface area contributed by atoms with Crippen molar-refractivity contribution in [2.24, 2.45) is 11.5 Å². The van der Waals surface area contributed by atoms with Crippen molar-refractivity contribution in [2.45, 2.75) is 25.4 Å². The molecule has 2 aromatic heterocycles. The van der Waals surface area contributed by atoms with Gasteiger partial charge >= 0.3 is 0 Å². The summed E-state index contributed by atoms with van der Waals surface area (Å²) in [5, 5.41) is 16.7. The number of benzene rings is 1. The molecular formula is C20H23N7S. The molecule has 1 aromatic carbocycles. The number of pyridine rings is 1. The van der Waals surface area contributed by atoms with Gasteiger partial charge in [-0.15, -0.1) is 0 Å². The summed E-state index contributed by atoms with van der Waals surface area (Å²) in [5.74, 6) is 0.898. The minimum absolute atomic E-state index is 0.00940. The number of hydrogen-bond acceptors (Lipinski definition) is 6. The summed E-state index contributed by atoms with van der Waals surface area (Å²) in [5.41, 5.74) is 15.2. The van der Waals surface area contributed by atoms with Crippen LogP contribution in [0.1, 0.15) is 24.8 Å². The van der Waals surface area contributed by atoms with Gasteiger partial charge in [0.1, 0.15) is 10.9 Å². The molecule has 28 heavy (non-hydrogen) atoms. The second kappa shape index (κ2) is 7.65. The number of rotatable bonds is 3. The highest BCUT2D eigenvalue weighted by atomic mass is 32.2. The van der Waals surface area contributed by atoms with Gasteiger partial charge in [-0.25, -0.2) is 4.98 Å².